The smallest absolute Gasteiger partial charge is 0.272 e. The van der Waals surface area contributed by atoms with Gasteiger partial charge >= 0.3 is 0 Å². The first-order valence-electron chi connectivity index (χ1n) is 6.42. The summed E-state index contributed by atoms with van der Waals surface area (Å²) >= 11 is 0. The Balaban J connectivity index is 2.80. The Morgan fingerprint density at radius 2 is 1.89 bits per heavy atom. The zero-order valence-electron chi connectivity index (χ0n) is 12.6. The fraction of sp³-hybridized carbons (Fsp3) is 0.571. The quantitative estimate of drug-likeness (QED) is 0.466. The van der Waals surface area contributed by atoms with Crippen LogP contribution < -0.4 is 0 Å². The van der Waals surface area contributed by atoms with Crippen molar-refractivity contribution in [1.82, 2.24) is 0 Å². The van der Waals surface area contributed by atoms with E-state index in [1.807, 2.05) is 6.07 Å². The maximum Gasteiger partial charge on any atom is 0.272 e. The molecule has 0 heterocycles. The lowest BCUT2D eigenvalue weighted by Crippen LogP contribution is -2.40. The van der Waals surface area contributed by atoms with Gasteiger partial charge in [-0.05, 0) is 42.8 Å². The van der Waals surface area contributed by atoms with Crippen molar-refractivity contribution < 1.29 is 9.35 Å². The van der Waals surface area contributed by atoms with Crippen LogP contribution in [-0.2, 0) is 11.0 Å². The van der Waals surface area contributed by atoms with Crippen molar-refractivity contribution in [2.24, 2.45) is 0 Å². The van der Waals surface area contributed by atoms with Crippen molar-refractivity contribution in [2.45, 2.75) is 52.4 Å². The topological polar surface area (TPSA) is 52.4 Å². The van der Waals surface area contributed by atoms with E-state index in [2.05, 4.69) is 33.9 Å². The molecule has 0 bridgehead atoms. The molecule has 0 N–H and O–H groups in total. The van der Waals surface area contributed by atoms with Crippen LogP contribution in [0.25, 0.3) is 0 Å². The number of hydrogen-bond acceptors (Lipinski definition) is 3. The van der Waals surface area contributed by atoms with E-state index < -0.39 is 8.32 Å². The Bertz CT molecular complexity index is 478. The predicted octanol–water partition coefficient (Wildman–Crippen LogP) is 4.43. The first-order chi connectivity index (χ1) is 8.54. The molecular formula is C14H23NO3Si. The highest BCUT2D eigenvalue weighted by Gasteiger charge is 2.37. The molecule has 0 aliphatic heterocycles. The second-order valence-electron chi connectivity index (χ2n) is 6.43. The molecule has 0 unspecified atom stereocenters. The normalized spacial score (nSPS) is 12.5. The Morgan fingerprint density at radius 1 is 1.32 bits per heavy atom. The molecule has 1 rings (SSSR count). The molecule has 5 heteroatoms. The standard InChI is InChI=1S/C14H23NO3Si/c1-11-9-12(7-8-13(11)15(16)17)10-18-19(5,6)14(2,3)4/h7-9H,10H2,1-6H3. The zero-order chi connectivity index (χ0) is 14.8. The highest BCUT2D eigenvalue weighted by molar-refractivity contribution is 6.74. The van der Waals surface area contributed by atoms with Gasteiger partial charge < -0.3 is 4.43 Å². The van der Waals surface area contributed by atoms with Crippen LogP contribution >= 0.6 is 0 Å². The van der Waals surface area contributed by atoms with Crippen molar-refractivity contribution in [1.29, 1.82) is 0 Å². The summed E-state index contributed by atoms with van der Waals surface area (Å²) in [6.07, 6.45) is 0. The van der Waals surface area contributed by atoms with Gasteiger partial charge in [0.25, 0.3) is 5.69 Å². The van der Waals surface area contributed by atoms with Gasteiger partial charge in [0.2, 0.25) is 0 Å². The maximum atomic E-state index is 10.8. The summed E-state index contributed by atoms with van der Waals surface area (Å²) in [7, 11) is -1.77. The van der Waals surface area contributed by atoms with Gasteiger partial charge in [-0.1, -0.05) is 20.8 Å². The molecule has 0 atom stereocenters. The Labute approximate surface area is 116 Å². The van der Waals surface area contributed by atoms with Crippen molar-refractivity contribution in [3.05, 3.63) is 39.4 Å². The highest BCUT2D eigenvalue weighted by atomic mass is 28.4. The zero-order valence-corrected chi connectivity index (χ0v) is 13.6. The van der Waals surface area contributed by atoms with Crippen LogP contribution in [0.1, 0.15) is 31.9 Å². The molecule has 1 aromatic carbocycles. The summed E-state index contributed by atoms with van der Waals surface area (Å²) in [6.45, 7) is 13.3. The van der Waals surface area contributed by atoms with Crippen LogP contribution in [0.5, 0.6) is 0 Å². The second-order valence-corrected chi connectivity index (χ2v) is 11.2. The van der Waals surface area contributed by atoms with E-state index in [1.165, 1.54) is 0 Å². The van der Waals surface area contributed by atoms with E-state index in [0.717, 1.165) is 5.56 Å². The molecule has 0 spiro atoms. The van der Waals surface area contributed by atoms with E-state index in [1.54, 1.807) is 19.1 Å². The summed E-state index contributed by atoms with van der Waals surface area (Å²) < 4.78 is 6.10. The van der Waals surface area contributed by atoms with Gasteiger partial charge in [0, 0.05) is 11.6 Å². The molecule has 0 saturated heterocycles. The summed E-state index contributed by atoms with van der Waals surface area (Å²) in [6, 6.07) is 5.17. The maximum absolute atomic E-state index is 10.8. The summed E-state index contributed by atoms with van der Waals surface area (Å²) in [5.74, 6) is 0. The van der Waals surface area contributed by atoms with Gasteiger partial charge in [-0.15, -0.1) is 0 Å². The molecule has 0 saturated carbocycles. The Morgan fingerprint density at radius 3 is 2.32 bits per heavy atom. The number of nitrogens with zero attached hydrogens (tertiary/aromatic N) is 1. The van der Waals surface area contributed by atoms with Crippen LogP contribution in [0.4, 0.5) is 5.69 Å². The fourth-order valence-corrected chi connectivity index (χ4v) is 2.45. The molecular weight excluding hydrogens is 258 g/mol. The lowest BCUT2D eigenvalue weighted by atomic mass is 10.1. The third kappa shape index (κ3) is 3.88. The van der Waals surface area contributed by atoms with E-state index in [-0.39, 0.29) is 15.6 Å². The molecule has 0 aliphatic rings. The van der Waals surface area contributed by atoms with E-state index in [4.69, 9.17) is 4.43 Å². The van der Waals surface area contributed by atoms with Gasteiger partial charge in [0.15, 0.2) is 8.32 Å². The molecule has 0 aromatic heterocycles. The molecule has 0 aliphatic carbocycles. The van der Waals surface area contributed by atoms with Crippen LogP contribution in [0, 0.1) is 17.0 Å². The largest absolute Gasteiger partial charge is 0.413 e. The van der Waals surface area contributed by atoms with E-state index >= 15 is 0 Å². The SMILES string of the molecule is Cc1cc(CO[Si](C)(C)C(C)(C)C)ccc1[N+](=O)[O-]. The van der Waals surface area contributed by atoms with Gasteiger partial charge in [0.1, 0.15) is 0 Å². The fourth-order valence-electron chi connectivity index (χ4n) is 1.49. The molecule has 1 aromatic rings. The average Bonchev–Trinajstić information content (AvgIpc) is 2.24. The number of rotatable bonds is 4. The Hall–Kier alpha value is -1.20. The van der Waals surface area contributed by atoms with Crippen LogP contribution in [-0.4, -0.2) is 13.2 Å². The predicted molar refractivity (Wildman–Crippen MR) is 79.8 cm³/mol. The number of nitro groups is 1. The number of aryl methyl sites for hydroxylation is 1. The van der Waals surface area contributed by atoms with Crippen LogP contribution in [0.3, 0.4) is 0 Å². The van der Waals surface area contributed by atoms with Crippen molar-refractivity contribution in [3.8, 4) is 0 Å². The highest BCUT2D eigenvalue weighted by Crippen LogP contribution is 2.37. The minimum Gasteiger partial charge on any atom is -0.413 e. The average molecular weight is 281 g/mol. The molecule has 0 amide bonds. The van der Waals surface area contributed by atoms with Gasteiger partial charge in [0.05, 0.1) is 11.5 Å². The van der Waals surface area contributed by atoms with Gasteiger partial charge in [-0.25, -0.2) is 0 Å². The molecule has 19 heavy (non-hydrogen) atoms. The number of hydrogen-bond donors (Lipinski definition) is 0. The lowest BCUT2D eigenvalue weighted by molar-refractivity contribution is -0.385. The monoisotopic (exact) mass is 281 g/mol. The Kier molecular flexibility index (Phi) is 4.53. The minimum atomic E-state index is -1.77. The molecule has 0 fully saturated rings. The van der Waals surface area contributed by atoms with Gasteiger partial charge in [-0.2, -0.15) is 0 Å². The van der Waals surface area contributed by atoms with Crippen LogP contribution in [0.15, 0.2) is 18.2 Å². The number of nitro benzene ring substituents is 1. The molecule has 0 radical (unpaired) electrons. The second kappa shape index (κ2) is 5.42. The van der Waals surface area contributed by atoms with Crippen molar-refractivity contribution in [3.63, 3.8) is 0 Å². The minimum absolute atomic E-state index is 0.163. The summed E-state index contributed by atoms with van der Waals surface area (Å²) in [5, 5.41) is 10.9. The lowest BCUT2D eigenvalue weighted by Gasteiger charge is -2.36. The third-order valence-corrected chi connectivity index (χ3v) is 8.34. The molecule has 4 nitrogen and oxygen atoms in total. The molecule has 106 valence electrons. The first kappa shape index (κ1) is 15.9. The van der Waals surface area contributed by atoms with E-state index in [9.17, 15) is 10.1 Å². The van der Waals surface area contributed by atoms with Gasteiger partial charge in [-0.3, -0.25) is 10.1 Å². The van der Waals surface area contributed by atoms with E-state index in [0.29, 0.717) is 12.2 Å². The van der Waals surface area contributed by atoms with Crippen molar-refractivity contribution >= 4 is 14.0 Å². The van der Waals surface area contributed by atoms with Crippen LogP contribution in [0.2, 0.25) is 18.1 Å². The summed E-state index contributed by atoms with van der Waals surface area (Å²) in [5.41, 5.74) is 1.84. The van der Waals surface area contributed by atoms with Crippen molar-refractivity contribution in [2.75, 3.05) is 0 Å². The number of benzene rings is 1. The summed E-state index contributed by atoms with van der Waals surface area (Å²) in [4.78, 5) is 10.4. The third-order valence-electron chi connectivity index (χ3n) is 3.86. The first-order valence-corrected chi connectivity index (χ1v) is 9.33.